The van der Waals surface area contributed by atoms with E-state index in [0.717, 1.165) is 11.6 Å². The van der Waals surface area contributed by atoms with E-state index in [4.69, 9.17) is 16.3 Å². The summed E-state index contributed by atoms with van der Waals surface area (Å²) in [6.45, 7) is 3.27. The fourth-order valence-electron chi connectivity index (χ4n) is 3.07. The molecule has 160 valence electrons. The molecule has 10 heteroatoms. The Hall–Kier alpha value is -2.81. The minimum atomic E-state index is -4.61. The van der Waals surface area contributed by atoms with Crippen LogP contribution in [0.4, 0.5) is 13.2 Å². The molecule has 1 aromatic carbocycles. The van der Waals surface area contributed by atoms with E-state index in [1.807, 2.05) is 12.1 Å². The summed E-state index contributed by atoms with van der Waals surface area (Å²) in [5.41, 5.74) is 0.338. The van der Waals surface area contributed by atoms with Crippen LogP contribution in [0.1, 0.15) is 23.7 Å². The number of amides is 1. The molecule has 2 aromatic heterocycles. The van der Waals surface area contributed by atoms with Crippen LogP contribution in [-0.2, 0) is 24.4 Å². The van der Waals surface area contributed by atoms with Crippen LogP contribution < -0.4 is 10.1 Å². The van der Waals surface area contributed by atoms with E-state index in [0.29, 0.717) is 18.0 Å². The number of alkyl halides is 3. The number of nitrogens with one attached hydrogen (secondary N) is 1. The molecule has 3 aromatic rings. The van der Waals surface area contributed by atoms with Crippen LogP contribution in [0.3, 0.4) is 0 Å². The van der Waals surface area contributed by atoms with Crippen molar-refractivity contribution in [3.8, 4) is 5.88 Å². The molecule has 0 aliphatic carbocycles. The summed E-state index contributed by atoms with van der Waals surface area (Å²) < 4.78 is 47.3. The van der Waals surface area contributed by atoms with Gasteiger partial charge in [-0.3, -0.25) is 9.48 Å². The minimum Gasteiger partial charge on any atom is -0.464 e. The molecule has 0 spiro atoms. The van der Waals surface area contributed by atoms with Gasteiger partial charge in [0.15, 0.2) is 11.8 Å². The first kappa shape index (κ1) is 21.9. The van der Waals surface area contributed by atoms with Gasteiger partial charge in [0.2, 0.25) is 5.88 Å². The van der Waals surface area contributed by atoms with Gasteiger partial charge in [0, 0.05) is 24.7 Å². The topological polar surface area (TPSA) is 69.0 Å². The highest BCUT2D eigenvalue weighted by atomic mass is 35.5. The second-order valence-corrected chi connectivity index (χ2v) is 7.28. The van der Waals surface area contributed by atoms with E-state index < -0.39 is 23.8 Å². The van der Waals surface area contributed by atoms with Gasteiger partial charge in [0.25, 0.3) is 5.91 Å². The number of pyridine rings is 1. The first-order valence-corrected chi connectivity index (χ1v) is 9.54. The highest BCUT2D eigenvalue weighted by Gasteiger charge is 2.36. The fraction of sp³-hybridized carbons (Fsp3) is 0.350. The van der Waals surface area contributed by atoms with E-state index in [1.165, 1.54) is 25.6 Å². The molecular weight excluding hydrogens is 421 g/mol. The maximum absolute atomic E-state index is 13.5. The predicted octanol–water partition coefficient (Wildman–Crippen LogP) is 4.08. The van der Waals surface area contributed by atoms with E-state index in [9.17, 15) is 18.0 Å². The van der Waals surface area contributed by atoms with Crippen molar-refractivity contribution in [1.82, 2.24) is 20.1 Å². The normalized spacial score (nSPS) is 12.8. The number of hydrogen-bond acceptors (Lipinski definition) is 4. The Morgan fingerprint density at radius 1 is 1.30 bits per heavy atom. The molecule has 0 radical (unpaired) electrons. The molecule has 0 saturated carbocycles. The molecule has 1 atom stereocenters. The van der Waals surface area contributed by atoms with Gasteiger partial charge in [-0.25, -0.2) is 0 Å². The lowest BCUT2D eigenvalue weighted by atomic mass is 10.1. The quantitative estimate of drug-likeness (QED) is 0.627. The number of rotatable bonds is 6. The van der Waals surface area contributed by atoms with Crippen LogP contribution in [0, 0.1) is 6.92 Å². The Balaban J connectivity index is 1.71. The summed E-state index contributed by atoms with van der Waals surface area (Å²) >= 11 is 5.83. The molecule has 6 nitrogen and oxygen atoms in total. The van der Waals surface area contributed by atoms with Crippen LogP contribution in [-0.4, -0.2) is 33.3 Å². The van der Waals surface area contributed by atoms with Crippen LogP contribution in [0.5, 0.6) is 5.88 Å². The van der Waals surface area contributed by atoms with E-state index >= 15 is 0 Å². The Labute approximate surface area is 176 Å². The Bertz CT molecular complexity index is 1060. The Morgan fingerprint density at radius 2 is 1.97 bits per heavy atom. The van der Waals surface area contributed by atoms with Gasteiger partial charge in [-0.05, 0) is 38.0 Å². The molecule has 2 heterocycles. The molecule has 3 rings (SSSR count). The number of benzene rings is 1. The van der Waals surface area contributed by atoms with Crippen molar-refractivity contribution in [3.63, 3.8) is 0 Å². The lowest BCUT2D eigenvalue weighted by Gasteiger charge is -2.16. The van der Waals surface area contributed by atoms with Crippen molar-refractivity contribution in [2.24, 2.45) is 7.05 Å². The van der Waals surface area contributed by atoms with E-state index in [1.54, 1.807) is 12.1 Å². The number of carbonyl (C=O) groups excluding carboxylic acids is 1. The third kappa shape index (κ3) is 4.84. The maximum atomic E-state index is 13.5. The van der Waals surface area contributed by atoms with Crippen LogP contribution in [0.15, 0.2) is 30.3 Å². The molecule has 0 saturated heterocycles. The predicted molar refractivity (Wildman–Crippen MR) is 107 cm³/mol. The van der Waals surface area contributed by atoms with Crippen molar-refractivity contribution in [3.05, 3.63) is 52.2 Å². The fourth-order valence-corrected chi connectivity index (χ4v) is 3.19. The van der Waals surface area contributed by atoms with Gasteiger partial charge in [-0.15, -0.1) is 0 Å². The number of halogens is 4. The number of carbonyl (C=O) groups is 1. The lowest BCUT2D eigenvalue weighted by Crippen LogP contribution is -2.37. The first-order chi connectivity index (χ1) is 14.1. The van der Waals surface area contributed by atoms with Gasteiger partial charge in [0.05, 0.1) is 16.6 Å². The second-order valence-electron chi connectivity index (χ2n) is 6.84. The van der Waals surface area contributed by atoms with Crippen molar-refractivity contribution in [1.29, 1.82) is 0 Å². The van der Waals surface area contributed by atoms with Gasteiger partial charge in [-0.2, -0.15) is 23.3 Å². The molecule has 0 aliphatic rings. The average molecular weight is 441 g/mol. The number of hydrogen-bond donors (Lipinski definition) is 1. The minimum absolute atomic E-state index is 0.0349. The highest BCUT2D eigenvalue weighted by molar-refractivity contribution is 6.30. The zero-order chi connectivity index (χ0) is 22.1. The number of nitrogens with zero attached hydrogens (tertiary/aromatic N) is 3. The standard InChI is InChI=1S/C20H20ClF3N4O2/c1-11-17-15(20(22,23)24)10-16(26-18(17)28(3)27-11)30-12(2)19(29)25-9-8-13-4-6-14(21)7-5-13/h4-7,10,12H,8-9H2,1-3H3,(H,25,29). The number of fused-ring (bicyclic) bond motifs is 1. The third-order valence-corrected chi connectivity index (χ3v) is 4.80. The van der Waals surface area contributed by atoms with Crippen molar-refractivity contribution in [2.45, 2.75) is 32.5 Å². The van der Waals surface area contributed by atoms with Gasteiger partial charge < -0.3 is 10.1 Å². The van der Waals surface area contributed by atoms with E-state index in [2.05, 4.69) is 15.4 Å². The van der Waals surface area contributed by atoms with Gasteiger partial charge >= 0.3 is 6.18 Å². The zero-order valence-corrected chi connectivity index (χ0v) is 17.3. The summed E-state index contributed by atoms with van der Waals surface area (Å²) in [5, 5.41) is 7.24. The molecule has 30 heavy (non-hydrogen) atoms. The molecular formula is C20H20ClF3N4O2. The summed E-state index contributed by atoms with van der Waals surface area (Å²) in [5.74, 6) is -0.751. The van der Waals surface area contributed by atoms with Crippen molar-refractivity contribution < 1.29 is 22.7 Å². The van der Waals surface area contributed by atoms with Crippen LogP contribution in [0.2, 0.25) is 5.02 Å². The van der Waals surface area contributed by atoms with E-state index in [-0.39, 0.29) is 22.6 Å². The average Bonchev–Trinajstić information content (AvgIpc) is 2.95. The number of aryl methyl sites for hydroxylation is 2. The summed E-state index contributed by atoms with van der Waals surface area (Å²) in [7, 11) is 1.50. The highest BCUT2D eigenvalue weighted by Crippen LogP contribution is 2.37. The van der Waals surface area contributed by atoms with Crippen LogP contribution >= 0.6 is 11.6 Å². The molecule has 0 aliphatic heterocycles. The first-order valence-electron chi connectivity index (χ1n) is 9.16. The Kier molecular flexibility index (Phi) is 6.21. The molecule has 1 amide bonds. The lowest BCUT2D eigenvalue weighted by molar-refractivity contribution is -0.136. The Morgan fingerprint density at radius 3 is 2.60 bits per heavy atom. The van der Waals surface area contributed by atoms with Gasteiger partial charge in [0.1, 0.15) is 0 Å². The number of aromatic nitrogens is 3. The summed E-state index contributed by atoms with van der Waals surface area (Å²) in [4.78, 5) is 16.4. The van der Waals surface area contributed by atoms with Crippen molar-refractivity contribution >= 4 is 28.5 Å². The number of ether oxygens (including phenoxy) is 1. The SMILES string of the molecule is Cc1nn(C)c2nc(OC(C)C(=O)NCCc3ccc(Cl)cc3)cc(C(F)(F)F)c12. The maximum Gasteiger partial charge on any atom is 0.417 e. The zero-order valence-electron chi connectivity index (χ0n) is 16.5. The third-order valence-electron chi connectivity index (χ3n) is 4.54. The summed E-state index contributed by atoms with van der Waals surface area (Å²) in [6, 6.07) is 8.01. The molecule has 0 fully saturated rings. The monoisotopic (exact) mass is 440 g/mol. The summed E-state index contributed by atoms with van der Waals surface area (Å²) in [6.07, 6.45) is -5.07. The molecule has 1 N–H and O–H groups in total. The second kappa shape index (κ2) is 8.51. The largest absolute Gasteiger partial charge is 0.464 e. The molecule has 0 bridgehead atoms. The van der Waals surface area contributed by atoms with Crippen molar-refractivity contribution in [2.75, 3.05) is 6.54 Å². The smallest absolute Gasteiger partial charge is 0.417 e. The van der Waals surface area contributed by atoms with Gasteiger partial charge in [-0.1, -0.05) is 23.7 Å². The van der Waals surface area contributed by atoms with Crippen LogP contribution in [0.25, 0.3) is 11.0 Å². The molecule has 1 unspecified atom stereocenters.